The highest BCUT2D eigenvalue weighted by Gasteiger charge is 1.98. The van der Waals surface area contributed by atoms with Crippen molar-refractivity contribution in [2.45, 2.75) is 6.92 Å². The lowest BCUT2D eigenvalue weighted by molar-refractivity contribution is 0.437. The van der Waals surface area contributed by atoms with Gasteiger partial charge in [-0.05, 0) is 24.6 Å². The number of aromatic nitrogens is 3. The fourth-order valence-corrected chi connectivity index (χ4v) is 1.01. The largest absolute Gasteiger partial charge is 0.419 e. The lowest BCUT2D eigenvalue weighted by atomic mass is 10.3. The zero-order chi connectivity index (χ0) is 9.80. The Labute approximate surface area is 81.6 Å². The summed E-state index contributed by atoms with van der Waals surface area (Å²) in [5.74, 6) is 0.983. The third kappa shape index (κ3) is 2.04. The molecule has 0 saturated carbocycles. The van der Waals surface area contributed by atoms with Crippen LogP contribution in [0.2, 0.25) is 0 Å². The molecular weight excluding hydrogens is 178 g/mol. The molecule has 70 valence electrons. The molecule has 14 heavy (non-hydrogen) atoms. The van der Waals surface area contributed by atoms with Crippen molar-refractivity contribution in [1.82, 2.24) is 15.2 Å². The first kappa shape index (κ1) is 8.62. The highest BCUT2D eigenvalue weighted by Crippen LogP contribution is 2.15. The second kappa shape index (κ2) is 3.83. The summed E-state index contributed by atoms with van der Waals surface area (Å²) in [7, 11) is 0. The normalized spacial score (nSPS) is 9.79. The van der Waals surface area contributed by atoms with Gasteiger partial charge in [0.2, 0.25) is 11.8 Å². The molecule has 0 aliphatic rings. The maximum atomic E-state index is 5.37. The van der Waals surface area contributed by atoms with Gasteiger partial charge >= 0.3 is 0 Å². The Morgan fingerprint density at radius 3 is 2.79 bits per heavy atom. The molecule has 4 heteroatoms. The van der Waals surface area contributed by atoms with Crippen molar-refractivity contribution < 1.29 is 4.74 Å². The zero-order valence-corrected chi connectivity index (χ0v) is 7.71. The standard InChI is InChI=1S/C10H9N3O/c1-8-4-6-11-10(7-8)14-9-3-2-5-12-13-9/h2-7H,1H3. The van der Waals surface area contributed by atoms with Gasteiger partial charge in [-0.3, -0.25) is 0 Å². The molecule has 0 atom stereocenters. The lowest BCUT2D eigenvalue weighted by Crippen LogP contribution is -1.91. The van der Waals surface area contributed by atoms with E-state index in [1.807, 2.05) is 19.1 Å². The molecule has 4 nitrogen and oxygen atoms in total. The summed E-state index contributed by atoms with van der Waals surface area (Å²) in [5.41, 5.74) is 1.10. The van der Waals surface area contributed by atoms with Gasteiger partial charge in [0, 0.05) is 24.5 Å². The van der Waals surface area contributed by atoms with Crippen LogP contribution in [0.1, 0.15) is 5.56 Å². The topological polar surface area (TPSA) is 47.9 Å². The summed E-state index contributed by atoms with van der Waals surface area (Å²) < 4.78 is 5.37. The Bertz CT molecular complexity index is 417. The Hall–Kier alpha value is -1.97. The van der Waals surface area contributed by atoms with Gasteiger partial charge in [-0.1, -0.05) is 0 Å². The van der Waals surface area contributed by atoms with Crippen molar-refractivity contribution in [2.24, 2.45) is 0 Å². The average Bonchev–Trinajstić information content (AvgIpc) is 2.19. The van der Waals surface area contributed by atoms with Gasteiger partial charge in [-0.15, -0.1) is 5.10 Å². The van der Waals surface area contributed by atoms with Crippen molar-refractivity contribution >= 4 is 0 Å². The fourth-order valence-electron chi connectivity index (χ4n) is 1.01. The van der Waals surface area contributed by atoms with Crippen LogP contribution < -0.4 is 4.74 Å². The van der Waals surface area contributed by atoms with E-state index in [1.54, 1.807) is 24.5 Å². The minimum Gasteiger partial charge on any atom is -0.419 e. The van der Waals surface area contributed by atoms with Gasteiger partial charge in [-0.25, -0.2) is 4.98 Å². The second-order valence-electron chi connectivity index (χ2n) is 2.84. The lowest BCUT2D eigenvalue weighted by Gasteiger charge is -2.02. The Morgan fingerprint density at radius 1 is 1.14 bits per heavy atom. The van der Waals surface area contributed by atoms with Crippen molar-refractivity contribution in [2.75, 3.05) is 0 Å². The summed E-state index contributed by atoms with van der Waals surface area (Å²) in [6.07, 6.45) is 3.29. The van der Waals surface area contributed by atoms with E-state index in [0.29, 0.717) is 11.8 Å². The van der Waals surface area contributed by atoms with Gasteiger partial charge in [0.25, 0.3) is 0 Å². The number of hydrogen-bond donors (Lipinski definition) is 0. The first-order valence-corrected chi connectivity index (χ1v) is 4.23. The van der Waals surface area contributed by atoms with Gasteiger partial charge in [0.15, 0.2) is 0 Å². The van der Waals surface area contributed by atoms with Crippen molar-refractivity contribution in [1.29, 1.82) is 0 Å². The predicted octanol–water partition coefficient (Wildman–Crippen LogP) is 1.97. The summed E-state index contributed by atoms with van der Waals surface area (Å²) in [6, 6.07) is 7.24. The molecule has 0 bridgehead atoms. The molecule has 0 fully saturated rings. The van der Waals surface area contributed by atoms with E-state index < -0.39 is 0 Å². The number of pyridine rings is 1. The zero-order valence-electron chi connectivity index (χ0n) is 7.71. The predicted molar refractivity (Wildman–Crippen MR) is 51.1 cm³/mol. The molecule has 0 aromatic carbocycles. The smallest absolute Gasteiger partial charge is 0.240 e. The van der Waals surface area contributed by atoms with Crippen LogP contribution in [0.15, 0.2) is 36.7 Å². The van der Waals surface area contributed by atoms with Crippen molar-refractivity contribution in [3.8, 4) is 11.8 Å². The van der Waals surface area contributed by atoms with Gasteiger partial charge in [-0.2, -0.15) is 5.10 Å². The molecular formula is C10H9N3O. The molecule has 2 heterocycles. The molecule has 0 unspecified atom stereocenters. The molecule has 2 aromatic rings. The number of nitrogens with zero attached hydrogens (tertiary/aromatic N) is 3. The van der Waals surface area contributed by atoms with Crippen LogP contribution in [0.5, 0.6) is 11.8 Å². The SMILES string of the molecule is Cc1ccnc(Oc2cccnn2)c1. The van der Waals surface area contributed by atoms with Gasteiger partial charge in [0.1, 0.15) is 0 Å². The monoisotopic (exact) mass is 187 g/mol. The number of hydrogen-bond acceptors (Lipinski definition) is 4. The Kier molecular flexibility index (Phi) is 2.36. The summed E-state index contributed by atoms with van der Waals surface area (Å²) >= 11 is 0. The maximum absolute atomic E-state index is 5.37. The Morgan fingerprint density at radius 2 is 2.07 bits per heavy atom. The molecule has 0 saturated heterocycles. The highest BCUT2D eigenvalue weighted by molar-refractivity contribution is 5.22. The van der Waals surface area contributed by atoms with Crippen LogP contribution in [0.25, 0.3) is 0 Å². The van der Waals surface area contributed by atoms with Crippen LogP contribution >= 0.6 is 0 Å². The highest BCUT2D eigenvalue weighted by atomic mass is 16.5. The molecule has 0 N–H and O–H groups in total. The molecule has 0 spiro atoms. The van der Waals surface area contributed by atoms with Crippen LogP contribution in [-0.4, -0.2) is 15.2 Å². The van der Waals surface area contributed by atoms with Gasteiger partial charge in [0.05, 0.1) is 0 Å². The van der Waals surface area contributed by atoms with E-state index in [0.717, 1.165) is 5.56 Å². The minimum absolute atomic E-state index is 0.450. The van der Waals surface area contributed by atoms with E-state index in [4.69, 9.17) is 4.74 Å². The quantitative estimate of drug-likeness (QED) is 0.721. The van der Waals surface area contributed by atoms with Crippen LogP contribution in [0.3, 0.4) is 0 Å². The maximum Gasteiger partial charge on any atom is 0.240 e. The van der Waals surface area contributed by atoms with Crippen LogP contribution in [0.4, 0.5) is 0 Å². The summed E-state index contributed by atoms with van der Waals surface area (Å²) in [6.45, 7) is 1.98. The first-order valence-electron chi connectivity index (χ1n) is 4.23. The van der Waals surface area contributed by atoms with Gasteiger partial charge < -0.3 is 4.74 Å². The molecule has 0 aliphatic carbocycles. The third-order valence-corrected chi connectivity index (χ3v) is 1.65. The van der Waals surface area contributed by atoms with E-state index in [-0.39, 0.29) is 0 Å². The van der Waals surface area contributed by atoms with E-state index in [2.05, 4.69) is 15.2 Å². The van der Waals surface area contributed by atoms with E-state index in [1.165, 1.54) is 0 Å². The number of aryl methyl sites for hydroxylation is 1. The molecule has 0 amide bonds. The number of ether oxygens (including phenoxy) is 1. The second-order valence-corrected chi connectivity index (χ2v) is 2.84. The van der Waals surface area contributed by atoms with Crippen molar-refractivity contribution in [3.05, 3.63) is 42.2 Å². The Balaban J connectivity index is 2.19. The first-order chi connectivity index (χ1) is 6.84. The minimum atomic E-state index is 0.450. The molecule has 2 aromatic heterocycles. The average molecular weight is 187 g/mol. The fraction of sp³-hybridized carbons (Fsp3) is 0.100. The van der Waals surface area contributed by atoms with E-state index >= 15 is 0 Å². The molecule has 0 radical (unpaired) electrons. The molecule has 2 rings (SSSR count). The number of rotatable bonds is 2. The summed E-state index contributed by atoms with van der Waals surface area (Å²) in [4.78, 5) is 4.04. The third-order valence-electron chi connectivity index (χ3n) is 1.65. The molecule has 0 aliphatic heterocycles. The van der Waals surface area contributed by atoms with Crippen LogP contribution in [0, 0.1) is 6.92 Å². The summed E-state index contributed by atoms with van der Waals surface area (Å²) in [5, 5.41) is 7.49. The van der Waals surface area contributed by atoms with Crippen molar-refractivity contribution in [3.63, 3.8) is 0 Å². The van der Waals surface area contributed by atoms with Crippen LogP contribution in [-0.2, 0) is 0 Å². The van der Waals surface area contributed by atoms with E-state index in [9.17, 15) is 0 Å².